The Morgan fingerprint density at radius 2 is 0.607 bits per heavy atom. The highest BCUT2D eigenvalue weighted by atomic mass is 16.4. The van der Waals surface area contributed by atoms with E-state index in [9.17, 15) is 121 Å². The number of carboxylic acid groups (broad SMARTS) is 5. The van der Waals surface area contributed by atoms with Gasteiger partial charge in [-0.3, -0.25) is 95.9 Å². The molecule has 1 aromatic rings. The van der Waals surface area contributed by atoms with E-state index in [1.165, 1.54) is 12.1 Å². The summed E-state index contributed by atoms with van der Waals surface area (Å²) in [4.78, 5) is 278. The molecule has 1 aromatic carbocycles. The van der Waals surface area contributed by atoms with Crippen LogP contribution in [0.5, 0.6) is 0 Å². The Labute approximate surface area is 673 Å². The fourth-order valence-corrected chi connectivity index (χ4v) is 11.3. The number of unbranched alkanes of at least 4 members (excludes halogenated alkanes) is 2. The van der Waals surface area contributed by atoms with Gasteiger partial charge in [-0.15, -0.1) is 0 Å². The minimum Gasteiger partial charge on any atom is -0.481 e. The number of benzene rings is 1. The summed E-state index contributed by atoms with van der Waals surface area (Å²) in [5, 5.41) is 75.4. The molecule has 654 valence electrons. The molecule has 0 fully saturated rings. The van der Waals surface area contributed by atoms with E-state index in [0.29, 0.717) is 5.56 Å². The molecule has 16 amide bonds. The number of carbonyl (C=O) groups excluding carboxylic acids is 16. The first-order valence-electron chi connectivity index (χ1n) is 38.0. The van der Waals surface area contributed by atoms with Crippen molar-refractivity contribution in [2.75, 3.05) is 13.1 Å². The molecule has 0 heterocycles. The Morgan fingerprint density at radius 3 is 0.923 bits per heavy atom. The van der Waals surface area contributed by atoms with Crippen molar-refractivity contribution in [2.45, 2.75) is 260 Å². The molecule has 0 saturated heterocycles. The average Bonchev–Trinajstić information content (AvgIpc) is 0.851. The fourth-order valence-electron chi connectivity index (χ4n) is 11.3. The molecule has 0 spiro atoms. The third kappa shape index (κ3) is 42.8. The van der Waals surface area contributed by atoms with Crippen LogP contribution >= 0.6 is 0 Å². The second-order valence-electron chi connectivity index (χ2n) is 28.3. The van der Waals surface area contributed by atoms with Crippen LogP contribution in [0.3, 0.4) is 0 Å². The number of carboxylic acids is 5. The van der Waals surface area contributed by atoms with Gasteiger partial charge >= 0.3 is 29.8 Å². The van der Waals surface area contributed by atoms with Crippen molar-refractivity contribution in [3.63, 3.8) is 0 Å². The van der Waals surface area contributed by atoms with E-state index in [1.54, 1.807) is 45.9 Å². The van der Waals surface area contributed by atoms with Crippen LogP contribution in [0.2, 0.25) is 0 Å². The Morgan fingerprint density at radius 1 is 0.325 bits per heavy atom. The van der Waals surface area contributed by atoms with Crippen LogP contribution in [0.15, 0.2) is 30.3 Å². The van der Waals surface area contributed by atoms with E-state index in [1.807, 2.05) is 5.32 Å². The molecule has 0 unspecified atom stereocenters. The summed E-state index contributed by atoms with van der Waals surface area (Å²) in [6.45, 7) is 6.59. The standard InChI is InChI=1S/C72H115N19O26/c1-5-37(4)59(91-68(112)47(23-30-57(100)101)80-60(104)39(75)17-28-55(96)97)71(115)87-41(16-10-12-32-74)62(106)82-44(20-26-53(78)94)65(109)88-48(33-36(2)3)69(113)85-43(19-25-52(77)93)64(108)83-45(21-27-54(79)95)66(110)89-49(34-38-13-7-6-8-14-38)70(114)86-42(18-24-51(76)92)63(107)81-40(15-9-11-31-73)61(105)84-46(22-29-56(98)99)67(111)90-50(72(116)117)35-58(102)103/h6-8,13-14,36-37,39-50,59H,5,9-12,15-35,73-75H2,1-4H3,(H2,76,92)(H2,77,93)(H2,78,94)(H2,79,95)(H,80,104)(H,81,107)(H,82,106)(H,83,108)(H,84,105)(H,85,113)(H,86,114)(H,87,115)(H,88,109)(H,89,110)(H,90,111)(H,91,112)(H,96,97)(H,98,99)(H,100,101)(H,102,103)(H,116,117)/t37-,39-,40-,41-,42-,43-,44-,45-,46-,47-,48-,49-,50-,59-/m0/s1. The Bertz CT molecular complexity index is 3610. The van der Waals surface area contributed by atoms with Crippen LogP contribution in [0, 0.1) is 11.8 Å². The summed E-state index contributed by atoms with van der Waals surface area (Å²) in [6.07, 6.45) is -9.66. The Kier molecular flexibility index (Phi) is 48.1. The predicted octanol–water partition coefficient (Wildman–Crippen LogP) is -7.06. The zero-order valence-electron chi connectivity index (χ0n) is 65.8. The second kappa shape index (κ2) is 54.7. The average molecular weight is 1660 g/mol. The van der Waals surface area contributed by atoms with E-state index >= 15 is 0 Å². The monoisotopic (exact) mass is 1660 g/mol. The van der Waals surface area contributed by atoms with E-state index in [2.05, 4.69) is 58.5 Å². The van der Waals surface area contributed by atoms with Gasteiger partial charge in [0.1, 0.15) is 72.5 Å². The maximum absolute atomic E-state index is 14.7. The van der Waals surface area contributed by atoms with Gasteiger partial charge in [0.15, 0.2) is 0 Å². The highest BCUT2D eigenvalue weighted by molar-refractivity contribution is 6.01. The lowest BCUT2D eigenvalue weighted by molar-refractivity contribution is -0.147. The molecular weight excluding hydrogens is 1550 g/mol. The number of primary amides is 4. The minimum absolute atomic E-state index is 0.0616. The van der Waals surface area contributed by atoms with Gasteiger partial charge in [0.05, 0.1) is 12.5 Å². The van der Waals surface area contributed by atoms with Crippen LogP contribution in [-0.4, -0.2) is 242 Å². The quantitative estimate of drug-likeness (QED) is 0.0270. The van der Waals surface area contributed by atoms with Crippen LogP contribution in [0.25, 0.3) is 0 Å². The van der Waals surface area contributed by atoms with Crippen molar-refractivity contribution in [3.8, 4) is 0 Å². The van der Waals surface area contributed by atoms with Crippen LogP contribution < -0.4 is 104 Å². The molecule has 0 aliphatic carbocycles. The van der Waals surface area contributed by atoms with Crippen LogP contribution in [-0.2, 0) is 107 Å². The third-order valence-electron chi connectivity index (χ3n) is 18.0. The molecule has 14 atom stereocenters. The molecular formula is C72H115N19O26. The van der Waals surface area contributed by atoms with Gasteiger partial charge in [0.25, 0.3) is 0 Å². The maximum Gasteiger partial charge on any atom is 0.326 e. The van der Waals surface area contributed by atoms with Gasteiger partial charge in [0, 0.05) is 51.4 Å². The molecule has 117 heavy (non-hydrogen) atoms. The molecule has 45 nitrogen and oxygen atoms in total. The zero-order chi connectivity index (χ0) is 88.8. The second-order valence-corrected chi connectivity index (χ2v) is 28.3. The summed E-state index contributed by atoms with van der Waals surface area (Å²) >= 11 is 0. The van der Waals surface area contributed by atoms with Crippen molar-refractivity contribution in [3.05, 3.63) is 35.9 Å². The maximum atomic E-state index is 14.7. The lowest BCUT2D eigenvalue weighted by Crippen LogP contribution is -2.61. The van der Waals surface area contributed by atoms with Crippen molar-refractivity contribution in [1.29, 1.82) is 0 Å². The first-order chi connectivity index (χ1) is 54.9. The molecule has 0 aromatic heterocycles. The molecule has 0 bridgehead atoms. The SMILES string of the molecule is CC[C@H](C)[C@H](NC(=O)[C@H](CCC(=O)O)NC(=O)[C@@H](N)CCC(=O)O)C(=O)N[C@@H](CCCCN)C(=O)N[C@@H](CCC(N)=O)C(=O)N[C@@H](CC(C)C)C(=O)N[C@@H](CCC(N)=O)C(=O)N[C@@H](CCC(N)=O)C(=O)N[C@@H](Cc1ccccc1)C(=O)N[C@@H](CCC(N)=O)C(=O)N[C@@H](CCCCN)C(=O)N[C@@H](CCC(=O)O)C(=O)N[C@@H](CC(=O)O)C(=O)O. The Hall–Kier alpha value is -12.0. The normalized spacial score (nSPS) is 14.6. The molecule has 0 aliphatic heterocycles. The van der Waals surface area contributed by atoms with Crippen molar-refractivity contribution >= 4 is 124 Å². The molecule has 0 radical (unpaired) electrons. The van der Waals surface area contributed by atoms with E-state index in [-0.39, 0.29) is 70.9 Å². The first-order valence-corrected chi connectivity index (χ1v) is 38.0. The topological polar surface area (TPSA) is 786 Å². The number of hydrogen-bond donors (Lipinski definition) is 24. The van der Waals surface area contributed by atoms with Gasteiger partial charge in [0.2, 0.25) is 94.5 Å². The van der Waals surface area contributed by atoms with Gasteiger partial charge < -0.3 is 129 Å². The number of amides is 16. The summed E-state index contributed by atoms with van der Waals surface area (Å²) in [6, 6.07) is -14.7. The number of carbonyl (C=O) groups is 21. The number of hydrogen-bond acceptors (Lipinski definition) is 24. The summed E-state index contributed by atoms with van der Waals surface area (Å²) in [7, 11) is 0. The number of nitrogens with two attached hydrogens (primary N) is 7. The largest absolute Gasteiger partial charge is 0.481 e. The van der Waals surface area contributed by atoms with Gasteiger partial charge in [-0.2, -0.15) is 0 Å². The lowest BCUT2D eigenvalue weighted by Gasteiger charge is -2.30. The lowest BCUT2D eigenvalue weighted by atomic mass is 9.96. The van der Waals surface area contributed by atoms with Crippen LogP contribution in [0.1, 0.15) is 181 Å². The number of nitrogens with one attached hydrogen (secondary N) is 12. The minimum atomic E-state index is -2.05. The van der Waals surface area contributed by atoms with E-state index in [0.717, 1.165) is 0 Å². The molecule has 45 heteroatoms. The third-order valence-corrected chi connectivity index (χ3v) is 18.0. The van der Waals surface area contributed by atoms with E-state index in [4.69, 9.17) is 45.2 Å². The molecule has 1 rings (SSSR count). The summed E-state index contributed by atoms with van der Waals surface area (Å²) < 4.78 is 0. The number of rotatable bonds is 62. The van der Waals surface area contributed by atoms with Gasteiger partial charge in [-0.25, -0.2) is 4.79 Å². The zero-order valence-corrected chi connectivity index (χ0v) is 65.8. The fraction of sp³-hybridized carbons (Fsp3) is 0.625. The summed E-state index contributed by atoms with van der Waals surface area (Å²) in [5.74, 6) is -26.5. The highest BCUT2D eigenvalue weighted by Crippen LogP contribution is 2.17. The molecule has 31 N–H and O–H groups in total. The molecule has 0 saturated carbocycles. The summed E-state index contributed by atoms with van der Waals surface area (Å²) in [5.41, 5.74) is 39.7. The van der Waals surface area contributed by atoms with Gasteiger partial charge in [-0.1, -0.05) is 64.4 Å². The van der Waals surface area contributed by atoms with Crippen molar-refractivity contribution in [1.82, 2.24) is 63.8 Å². The number of aliphatic carboxylic acids is 5. The Balaban J connectivity index is 3.91. The van der Waals surface area contributed by atoms with Crippen molar-refractivity contribution in [2.24, 2.45) is 52.0 Å². The first kappa shape index (κ1) is 103. The smallest absolute Gasteiger partial charge is 0.326 e. The predicted molar refractivity (Wildman–Crippen MR) is 410 cm³/mol. The van der Waals surface area contributed by atoms with Crippen LogP contribution in [0.4, 0.5) is 0 Å². The highest BCUT2D eigenvalue weighted by Gasteiger charge is 2.39. The van der Waals surface area contributed by atoms with Gasteiger partial charge in [-0.05, 0) is 120 Å². The molecule has 0 aliphatic rings. The van der Waals surface area contributed by atoms with E-state index < -0.39 is 311 Å². The van der Waals surface area contributed by atoms with Crippen molar-refractivity contribution < 1.29 is 126 Å².